The molecule has 0 saturated carbocycles. The quantitative estimate of drug-likeness (QED) is 0.552. The topological polar surface area (TPSA) is 67.7 Å². The maximum Gasteiger partial charge on any atom is 0.242 e. The van der Waals surface area contributed by atoms with Crippen molar-refractivity contribution in [3.8, 4) is 11.3 Å². The predicted octanol–water partition coefficient (Wildman–Crippen LogP) is 3.39. The number of rotatable bonds is 4. The summed E-state index contributed by atoms with van der Waals surface area (Å²) in [6, 6.07) is 12.9. The number of amides is 2. The van der Waals surface area contributed by atoms with E-state index in [1.807, 2.05) is 30.3 Å². The Morgan fingerprint density at radius 2 is 1.89 bits per heavy atom. The van der Waals surface area contributed by atoms with E-state index in [9.17, 15) is 18.4 Å². The first-order valence-electron chi connectivity index (χ1n) is 11.3. The molecule has 1 atom stereocenters. The molecule has 0 bridgehead atoms. The van der Waals surface area contributed by atoms with Crippen molar-refractivity contribution >= 4 is 29.4 Å². The van der Waals surface area contributed by atoms with Crippen molar-refractivity contribution in [3.63, 3.8) is 0 Å². The lowest BCUT2D eigenvalue weighted by Crippen LogP contribution is -2.48. The number of ether oxygens (including phenoxy) is 1. The van der Waals surface area contributed by atoms with Crippen molar-refractivity contribution in [3.05, 3.63) is 71.3 Å². The number of anilines is 1. The minimum atomic E-state index is -0.693. The smallest absolute Gasteiger partial charge is 0.242 e. The van der Waals surface area contributed by atoms with Crippen LogP contribution < -0.4 is 4.90 Å². The molecule has 1 aromatic heterocycles. The van der Waals surface area contributed by atoms with Crippen LogP contribution in [0.25, 0.3) is 11.3 Å². The predicted molar refractivity (Wildman–Crippen MR) is 129 cm³/mol. The van der Waals surface area contributed by atoms with Gasteiger partial charge in [-0.05, 0) is 6.07 Å². The summed E-state index contributed by atoms with van der Waals surface area (Å²) in [5.74, 6) is -1.36. The van der Waals surface area contributed by atoms with Crippen LogP contribution in [0.5, 0.6) is 0 Å². The number of carbonyl (C=O) groups is 2. The van der Waals surface area contributed by atoms with Crippen molar-refractivity contribution in [2.24, 2.45) is 7.05 Å². The van der Waals surface area contributed by atoms with E-state index < -0.39 is 16.9 Å². The summed E-state index contributed by atoms with van der Waals surface area (Å²) >= 11 is 1.24. The zero-order chi connectivity index (χ0) is 24.5. The average molecular weight is 499 g/mol. The Morgan fingerprint density at radius 1 is 1.14 bits per heavy atom. The van der Waals surface area contributed by atoms with Crippen molar-refractivity contribution in [2.75, 3.05) is 43.5 Å². The lowest BCUT2D eigenvalue weighted by molar-refractivity contribution is -0.134. The van der Waals surface area contributed by atoms with Crippen molar-refractivity contribution < 1.29 is 23.1 Å². The number of morpholine rings is 1. The molecule has 5 rings (SSSR count). The third-order valence-corrected chi connectivity index (χ3v) is 7.43. The molecule has 2 aliphatic heterocycles. The molecule has 2 aromatic carbocycles. The molecule has 0 aliphatic carbocycles. The van der Waals surface area contributed by atoms with E-state index in [1.54, 1.807) is 16.6 Å². The number of aryl methyl sites for hydroxylation is 1. The molecule has 1 fully saturated rings. The monoisotopic (exact) mass is 498 g/mol. The molecule has 2 amide bonds. The van der Waals surface area contributed by atoms with Gasteiger partial charge >= 0.3 is 0 Å². The Bertz CT molecular complexity index is 1260. The second kappa shape index (κ2) is 9.79. The molecule has 0 N–H and O–H groups in total. The van der Waals surface area contributed by atoms with Crippen LogP contribution in [0, 0.1) is 11.6 Å². The summed E-state index contributed by atoms with van der Waals surface area (Å²) in [5, 5.41) is 4.08. The van der Waals surface area contributed by atoms with E-state index in [2.05, 4.69) is 0 Å². The van der Waals surface area contributed by atoms with Crippen molar-refractivity contribution in [2.45, 2.75) is 5.25 Å². The SMILES string of the molecule is Cn1nc(-c2ccccc2)c2c1N(CC(=O)N1CCOCC1)C(=O)CSC2c1ccc(F)cc1F. The highest BCUT2D eigenvalue weighted by Crippen LogP contribution is 2.48. The molecular weight excluding hydrogens is 474 g/mol. The van der Waals surface area contributed by atoms with Crippen LogP contribution in [0.15, 0.2) is 48.5 Å². The van der Waals surface area contributed by atoms with Gasteiger partial charge in [-0.1, -0.05) is 36.4 Å². The molecule has 1 saturated heterocycles. The van der Waals surface area contributed by atoms with Crippen LogP contribution >= 0.6 is 11.8 Å². The lowest BCUT2D eigenvalue weighted by atomic mass is 9.99. The Kier molecular flexibility index (Phi) is 6.57. The van der Waals surface area contributed by atoms with Gasteiger partial charge in [0.15, 0.2) is 0 Å². The summed E-state index contributed by atoms with van der Waals surface area (Å²) in [6.45, 7) is 1.69. The Morgan fingerprint density at radius 3 is 2.60 bits per heavy atom. The number of carbonyl (C=O) groups excluding carboxylic acids is 2. The van der Waals surface area contributed by atoms with E-state index in [4.69, 9.17) is 9.84 Å². The molecule has 0 spiro atoms. The number of aromatic nitrogens is 2. The van der Waals surface area contributed by atoms with Crippen LogP contribution in [0.2, 0.25) is 0 Å². The minimum absolute atomic E-state index is 0.0286. The molecule has 3 aromatic rings. The van der Waals surface area contributed by atoms with Gasteiger partial charge in [-0.25, -0.2) is 8.78 Å². The summed E-state index contributed by atoms with van der Waals surface area (Å²) in [5.41, 5.74) is 2.26. The second-order valence-corrected chi connectivity index (χ2v) is 9.50. The largest absolute Gasteiger partial charge is 0.378 e. The molecule has 10 heteroatoms. The van der Waals surface area contributed by atoms with E-state index in [0.29, 0.717) is 43.4 Å². The Hall–Kier alpha value is -3.24. The summed E-state index contributed by atoms with van der Waals surface area (Å²) in [7, 11) is 1.71. The van der Waals surface area contributed by atoms with Gasteiger partial charge in [0.2, 0.25) is 11.8 Å². The second-order valence-electron chi connectivity index (χ2n) is 8.41. The third kappa shape index (κ3) is 4.55. The fourth-order valence-electron chi connectivity index (χ4n) is 4.51. The van der Waals surface area contributed by atoms with E-state index in [1.165, 1.54) is 28.8 Å². The number of thioether (sulfide) groups is 1. The van der Waals surface area contributed by atoms with Gasteiger partial charge in [0.25, 0.3) is 0 Å². The first-order chi connectivity index (χ1) is 16.9. The molecule has 2 aliphatic rings. The standard InChI is InChI=1S/C25H24F2N4O3S/c1-29-25-22(23(28-29)16-5-3-2-4-6-16)24(18-8-7-17(26)13-19(18)27)35-15-21(33)31(25)14-20(32)30-9-11-34-12-10-30/h2-8,13,24H,9-12,14-15H2,1H3. The zero-order valence-corrected chi connectivity index (χ0v) is 19.9. The first kappa shape index (κ1) is 23.5. The first-order valence-corrected chi connectivity index (χ1v) is 12.3. The van der Waals surface area contributed by atoms with Crippen LogP contribution in [-0.4, -0.2) is 65.1 Å². The maximum absolute atomic E-state index is 15.0. The van der Waals surface area contributed by atoms with Gasteiger partial charge < -0.3 is 9.64 Å². The number of nitrogens with zero attached hydrogens (tertiary/aromatic N) is 4. The number of hydrogen-bond acceptors (Lipinski definition) is 5. The van der Waals surface area contributed by atoms with Gasteiger partial charge in [0.05, 0.1) is 29.9 Å². The summed E-state index contributed by atoms with van der Waals surface area (Å²) in [4.78, 5) is 29.6. The highest BCUT2D eigenvalue weighted by molar-refractivity contribution is 8.00. The third-order valence-electron chi connectivity index (χ3n) is 6.19. The van der Waals surface area contributed by atoms with Gasteiger partial charge in [-0.15, -0.1) is 11.8 Å². The molecular formula is C25H24F2N4O3S. The average Bonchev–Trinajstić information content (AvgIpc) is 3.13. The molecule has 182 valence electrons. The molecule has 1 unspecified atom stereocenters. The normalized spacial score (nSPS) is 18.4. The highest BCUT2D eigenvalue weighted by atomic mass is 32.2. The molecule has 35 heavy (non-hydrogen) atoms. The minimum Gasteiger partial charge on any atom is -0.378 e. The number of halogens is 2. The van der Waals surface area contributed by atoms with E-state index >= 15 is 0 Å². The molecule has 7 nitrogen and oxygen atoms in total. The van der Waals surface area contributed by atoms with Gasteiger partial charge in [-0.3, -0.25) is 19.2 Å². The lowest BCUT2D eigenvalue weighted by Gasteiger charge is -2.30. The van der Waals surface area contributed by atoms with Gasteiger partial charge in [-0.2, -0.15) is 5.10 Å². The Balaban J connectivity index is 1.64. The molecule has 3 heterocycles. The van der Waals surface area contributed by atoms with Gasteiger partial charge in [0.1, 0.15) is 24.0 Å². The van der Waals surface area contributed by atoms with E-state index in [-0.39, 0.29) is 29.7 Å². The number of fused-ring (bicyclic) bond motifs is 1. The maximum atomic E-state index is 15.0. The summed E-state index contributed by atoms with van der Waals surface area (Å²) in [6.07, 6.45) is 0. The highest BCUT2D eigenvalue weighted by Gasteiger charge is 2.38. The number of benzene rings is 2. The molecule has 0 radical (unpaired) electrons. The summed E-state index contributed by atoms with van der Waals surface area (Å²) < 4.78 is 35.6. The zero-order valence-electron chi connectivity index (χ0n) is 19.1. The van der Waals surface area contributed by atoms with Crippen LogP contribution in [0.3, 0.4) is 0 Å². The van der Waals surface area contributed by atoms with Crippen molar-refractivity contribution in [1.82, 2.24) is 14.7 Å². The fourth-order valence-corrected chi connectivity index (χ4v) is 5.73. The van der Waals surface area contributed by atoms with E-state index in [0.717, 1.165) is 11.6 Å². The number of hydrogen-bond donors (Lipinski definition) is 0. The van der Waals surface area contributed by atoms with Crippen molar-refractivity contribution in [1.29, 1.82) is 0 Å². The Labute approximate surface area is 205 Å². The van der Waals surface area contributed by atoms with Crippen LogP contribution in [0.1, 0.15) is 16.4 Å². The van der Waals surface area contributed by atoms with Crippen LogP contribution in [0.4, 0.5) is 14.6 Å². The fraction of sp³-hybridized carbons (Fsp3) is 0.320. The van der Waals surface area contributed by atoms with Crippen LogP contribution in [-0.2, 0) is 21.4 Å². The van der Waals surface area contributed by atoms with Gasteiger partial charge in [0, 0.05) is 42.9 Å².